The van der Waals surface area contributed by atoms with Crippen molar-refractivity contribution in [3.8, 4) is 0 Å². The zero-order chi connectivity index (χ0) is 19.3. The molecule has 0 saturated carbocycles. The third kappa shape index (κ3) is 2.93. The lowest BCUT2D eigenvalue weighted by Crippen LogP contribution is -2.36. The van der Waals surface area contributed by atoms with Gasteiger partial charge in [-0.3, -0.25) is 0 Å². The molecule has 0 spiro atoms. The Labute approximate surface area is 167 Å². The highest BCUT2D eigenvalue weighted by atomic mass is 35.5. The van der Waals surface area contributed by atoms with Gasteiger partial charge >= 0.3 is 5.69 Å². The lowest BCUT2D eigenvalue weighted by atomic mass is 10.0. The molecule has 2 aromatic carbocycles. The average molecular weight is 396 g/mol. The van der Waals surface area contributed by atoms with Gasteiger partial charge in [0.1, 0.15) is 5.82 Å². The summed E-state index contributed by atoms with van der Waals surface area (Å²) >= 11 is 6.52. The van der Waals surface area contributed by atoms with E-state index in [9.17, 15) is 4.79 Å². The molecule has 3 heterocycles. The number of halogens is 1. The van der Waals surface area contributed by atoms with Crippen molar-refractivity contribution in [2.24, 2.45) is 5.73 Å². The van der Waals surface area contributed by atoms with Crippen molar-refractivity contribution in [1.29, 1.82) is 0 Å². The summed E-state index contributed by atoms with van der Waals surface area (Å²) in [4.78, 5) is 23.9. The number of rotatable bonds is 2. The zero-order valence-corrected chi connectivity index (χ0v) is 16.2. The highest BCUT2D eigenvalue weighted by molar-refractivity contribution is 6.36. The van der Waals surface area contributed by atoms with Crippen LogP contribution >= 0.6 is 11.6 Å². The van der Waals surface area contributed by atoms with E-state index in [-0.39, 0.29) is 11.7 Å². The predicted molar refractivity (Wildman–Crippen MR) is 113 cm³/mol. The number of nitrogens with one attached hydrogen (secondary N) is 1. The molecule has 2 aliphatic heterocycles. The summed E-state index contributed by atoms with van der Waals surface area (Å²) in [6, 6.07) is 12.3. The molecular formula is C21H22ClN5O. The van der Waals surface area contributed by atoms with E-state index in [2.05, 4.69) is 44.0 Å². The van der Waals surface area contributed by atoms with Crippen LogP contribution in [0.4, 0.5) is 11.5 Å². The summed E-state index contributed by atoms with van der Waals surface area (Å²) in [6.07, 6.45) is 1.75. The first-order valence-electron chi connectivity index (χ1n) is 9.65. The fourth-order valence-electron chi connectivity index (χ4n) is 4.43. The number of aromatic nitrogens is 2. The van der Waals surface area contributed by atoms with Gasteiger partial charge in [-0.15, -0.1) is 0 Å². The fourth-order valence-corrected chi connectivity index (χ4v) is 4.71. The monoisotopic (exact) mass is 395 g/mol. The van der Waals surface area contributed by atoms with Gasteiger partial charge < -0.3 is 20.5 Å². The van der Waals surface area contributed by atoms with Gasteiger partial charge in [-0.2, -0.15) is 4.98 Å². The van der Waals surface area contributed by atoms with Crippen LogP contribution in [0, 0.1) is 0 Å². The van der Waals surface area contributed by atoms with E-state index in [1.54, 1.807) is 0 Å². The first-order valence-corrected chi connectivity index (χ1v) is 10.0. The van der Waals surface area contributed by atoms with Crippen molar-refractivity contribution in [3.63, 3.8) is 0 Å². The number of nitrogens with two attached hydrogens (primary N) is 1. The molecule has 3 aromatic rings. The van der Waals surface area contributed by atoms with Crippen molar-refractivity contribution >= 4 is 33.9 Å². The molecule has 144 valence electrons. The topological polar surface area (TPSA) is 78.2 Å². The normalized spacial score (nSPS) is 19.3. The smallest absolute Gasteiger partial charge is 0.347 e. The van der Waals surface area contributed by atoms with Crippen molar-refractivity contribution in [3.05, 3.63) is 63.2 Å². The highest BCUT2D eigenvalue weighted by Gasteiger charge is 2.28. The van der Waals surface area contributed by atoms with Gasteiger partial charge in [0.15, 0.2) is 0 Å². The molecule has 0 bridgehead atoms. The van der Waals surface area contributed by atoms with Crippen LogP contribution in [0.2, 0.25) is 5.02 Å². The summed E-state index contributed by atoms with van der Waals surface area (Å²) in [5, 5.41) is 2.91. The largest absolute Gasteiger partial charge is 0.365 e. The van der Waals surface area contributed by atoms with Gasteiger partial charge in [-0.25, -0.2) is 4.79 Å². The second-order valence-corrected chi connectivity index (χ2v) is 8.01. The Hall–Kier alpha value is -2.57. The van der Waals surface area contributed by atoms with Crippen LogP contribution in [0.1, 0.15) is 17.7 Å². The first kappa shape index (κ1) is 17.5. The molecule has 6 nitrogen and oxygen atoms in total. The van der Waals surface area contributed by atoms with Crippen molar-refractivity contribution in [2.45, 2.75) is 25.4 Å². The van der Waals surface area contributed by atoms with Gasteiger partial charge in [-0.1, -0.05) is 35.9 Å². The van der Waals surface area contributed by atoms with E-state index in [1.165, 1.54) is 0 Å². The maximum atomic E-state index is 12.2. The molecule has 0 aliphatic carbocycles. The van der Waals surface area contributed by atoms with E-state index in [1.807, 2.05) is 12.1 Å². The molecule has 1 aromatic heterocycles. The van der Waals surface area contributed by atoms with Crippen LogP contribution in [0.15, 0.2) is 41.2 Å². The van der Waals surface area contributed by atoms with Crippen LogP contribution < -0.4 is 21.2 Å². The van der Waals surface area contributed by atoms with E-state index in [0.29, 0.717) is 6.54 Å². The Bertz CT molecular complexity index is 1110. The molecule has 7 heteroatoms. The average Bonchev–Trinajstić information content (AvgIpc) is 3.13. The van der Waals surface area contributed by atoms with Crippen molar-refractivity contribution in [2.75, 3.05) is 29.4 Å². The fraction of sp³-hybridized carbons (Fsp3) is 0.333. The molecule has 5 rings (SSSR count). The third-order valence-corrected chi connectivity index (χ3v) is 6.09. The predicted octanol–water partition coefficient (Wildman–Crippen LogP) is 2.68. The van der Waals surface area contributed by atoms with Gasteiger partial charge in [0.2, 0.25) is 0 Å². The second-order valence-electron chi connectivity index (χ2n) is 7.60. The van der Waals surface area contributed by atoms with Crippen molar-refractivity contribution in [1.82, 2.24) is 9.97 Å². The summed E-state index contributed by atoms with van der Waals surface area (Å²) < 4.78 is 0. The molecule has 1 fully saturated rings. The van der Waals surface area contributed by atoms with Crippen LogP contribution in [-0.2, 0) is 13.0 Å². The third-order valence-electron chi connectivity index (χ3n) is 5.78. The molecule has 1 atom stereocenters. The number of nitrogens with zero attached hydrogens (tertiary/aromatic N) is 3. The maximum Gasteiger partial charge on any atom is 0.347 e. The number of aromatic amines is 1. The number of hydrogen-bond acceptors (Lipinski definition) is 5. The highest BCUT2D eigenvalue weighted by Crippen LogP contribution is 2.36. The van der Waals surface area contributed by atoms with Gasteiger partial charge in [0.25, 0.3) is 0 Å². The Balaban J connectivity index is 1.55. The molecule has 28 heavy (non-hydrogen) atoms. The molecule has 3 N–H and O–H groups in total. The van der Waals surface area contributed by atoms with Crippen molar-refractivity contribution < 1.29 is 0 Å². The minimum Gasteiger partial charge on any atom is -0.365 e. The van der Waals surface area contributed by atoms with Crippen LogP contribution in [0.5, 0.6) is 0 Å². The van der Waals surface area contributed by atoms with Crippen LogP contribution in [0.3, 0.4) is 0 Å². The lowest BCUT2D eigenvalue weighted by Gasteiger charge is -2.33. The van der Waals surface area contributed by atoms with Gasteiger partial charge in [0, 0.05) is 48.0 Å². The standard InChI is InChI=1S/C21H22ClN5O/c22-16-5-1-3-13-4-2-6-18(19(13)16)26-10-8-15-17(12-26)24-21(28)25-20(15)27-9-7-14(23)11-27/h1-6,14H,7-12,23H2,(H,24,25,28). The van der Waals surface area contributed by atoms with E-state index in [0.717, 1.165) is 71.0 Å². The molecule has 2 aliphatic rings. The number of H-pyrrole nitrogens is 1. The SMILES string of the molecule is NC1CCN(c2nc(=O)[nH]c3c2CCN(c2cccc4cccc(Cl)c24)C3)C1. The molecule has 1 saturated heterocycles. The zero-order valence-electron chi connectivity index (χ0n) is 15.5. The lowest BCUT2D eigenvalue weighted by molar-refractivity contribution is 0.692. The van der Waals surface area contributed by atoms with Gasteiger partial charge in [0.05, 0.1) is 11.6 Å². The summed E-state index contributed by atoms with van der Waals surface area (Å²) in [5.74, 6) is 0.808. The van der Waals surface area contributed by atoms with Crippen LogP contribution in [-0.4, -0.2) is 35.6 Å². The summed E-state index contributed by atoms with van der Waals surface area (Å²) in [6.45, 7) is 3.08. The quantitative estimate of drug-likeness (QED) is 0.697. The Kier molecular flexibility index (Phi) is 4.25. The van der Waals surface area contributed by atoms with Gasteiger partial charge in [-0.05, 0) is 30.4 Å². The number of hydrogen-bond donors (Lipinski definition) is 2. The number of fused-ring (bicyclic) bond motifs is 2. The molecular weight excluding hydrogens is 374 g/mol. The minimum absolute atomic E-state index is 0.148. The molecule has 0 amide bonds. The van der Waals surface area contributed by atoms with Crippen LogP contribution in [0.25, 0.3) is 10.8 Å². The van der Waals surface area contributed by atoms with E-state index in [4.69, 9.17) is 17.3 Å². The summed E-state index contributed by atoms with van der Waals surface area (Å²) in [7, 11) is 0. The second kappa shape index (κ2) is 6.79. The number of benzene rings is 2. The van der Waals surface area contributed by atoms with E-state index >= 15 is 0 Å². The minimum atomic E-state index is -0.299. The maximum absolute atomic E-state index is 12.2. The summed E-state index contributed by atoms with van der Waals surface area (Å²) in [5.41, 5.74) is 8.93. The molecule has 0 radical (unpaired) electrons. The van der Waals surface area contributed by atoms with E-state index < -0.39 is 0 Å². The molecule has 1 unspecified atom stereocenters. The number of anilines is 2. The first-order chi connectivity index (χ1) is 13.6. The Morgan fingerprint density at radius 2 is 1.96 bits per heavy atom. The Morgan fingerprint density at radius 3 is 2.75 bits per heavy atom. The Morgan fingerprint density at radius 1 is 1.14 bits per heavy atom.